The number of aliphatic hydroxyl groups is 1. The molecule has 0 spiro atoms. The van der Waals surface area contributed by atoms with Gasteiger partial charge in [-0.15, -0.1) is 0 Å². The van der Waals surface area contributed by atoms with Gasteiger partial charge in [-0.05, 0) is 43.0 Å². The van der Waals surface area contributed by atoms with Crippen molar-refractivity contribution in [2.75, 3.05) is 19.6 Å². The lowest BCUT2D eigenvalue weighted by Gasteiger charge is -2.38. The maximum absolute atomic E-state index is 12.9. The molecule has 5 heteroatoms. The minimum Gasteiger partial charge on any atom is -0.392 e. The van der Waals surface area contributed by atoms with Crippen molar-refractivity contribution in [3.63, 3.8) is 0 Å². The molecular weight excluding hydrogens is 348 g/mol. The SMILES string of the molecule is Cc1ccc2c(c1)C(c1ccccc1Cl)N(C(=O)CNCC(C)O)CC2. The Balaban J connectivity index is 1.96. The van der Waals surface area contributed by atoms with E-state index in [1.165, 1.54) is 11.1 Å². The van der Waals surface area contributed by atoms with Gasteiger partial charge in [0.2, 0.25) is 5.91 Å². The minimum absolute atomic E-state index is 0.0164. The molecule has 26 heavy (non-hydrogen) atoms. The standard InChI is InChI=1S/C21H25ClN2O2/c1-14-7-8-16-9-10-24(20(26)13-23-12-15(2)25)21(18(16)11-14)17-5-3-4-6-19(17)22/h3-8,11,15,21,23,25H,9-10,12-13H2,1-2H3. The Morgan fingerprint density at radius 1 is 1.31 bits per heavy atom. The summed E-state index contributed by atoms with van der Waals surface area (Å²) in [7, 11) is 0. The summed E-state index contributed by atoms with van der Waals surface area (Å²) >= 11 is 6.49. The quantitative estimate of drug-likeness (QED) is 0.848. The van der Waals surface area contributed by atoms with Crippen molar-refractivity contribution in [1.82, 2.24) is 10.2 Å². The van der Waals surface area contributed by atoms with Crippen LogP contribution in [-0.2, 0) is 11.2 Å². The molecule has 2 aromatic carbocycles. The van der Waals surface area contributed by atoms with E-state index in [1.807, 2.05) is 29.2 Å². The fourth-order valence-corrected chi connectivity index (χ4v) is 3.76. The molecule has 2 atom stereocenters. The Kier molecular flexibility index (Phi) is 5.97. The van der Waals surface area contributed by atoms with Crippen LogP contribution in [0.3, 0.4) is 0 Å². The van der Waals surface area contributed by atoms with Crippen molar-refractivity contribution >= 4 is 17.5 Å². The van der Waals surface area contributed by atoms with Gasteiger partial charge in [0.1, 0.15) is 0 Å². The fraction of sp³-hybridized carbons (Fsp3) is 0.381. The first-order valence-corrected chi connectivity index (χ1v) is 9.37. The molecular formula is C21H25ClN2O2. The predicted molar refractivity (Wildman–Crippen MR) is 104 cm³/mol. The van der Waals surface area contributed by atoms with E-state index >= 15 is 0 Å². The van der Waals surface area contributed by atoms with E-state index in [2.05, 4.69) is 30.4 Å². The van der Waals surface area contributed by atoms with E-state index in [9.17, 15) is 9.90 Å². The lowest BCUT2D eigenvalue weighted by atomic mass is 9.87. The molecule has 2 aromatic rings. The topological polar surface area (TPSA) is 52.6 Å². The molecule has 1 amide bonds. The van der Waals surface area contributed by atoms with Crippen molar-refractivity contribution < 1.29 is 9.90 Å². The lowest BCUT2D eigenvalue weighted by molar-refractivity contribution is -0.132. The highest BCUT2D eigenvalue weighted by Gasteiger charge is 2.32. The van der Waals surface area contributed by atoms with Crippen LogP contribution in [0.2, 0.25) is 5.02 Å². The number of halogens is 1. The average molecular weight is 373 g/mol. The molecule has 2 unspecified atom stereocenters. The number of carbonyl (C=O) groups excluding carboxylic acids is 1. The van der Waals surface area contributed by atoms with Crippen molar-refractivity contribution in [3.8, 4) is 0 Å². The summed E-state index contributed by atoms with van der Waals surface area (Å²) in [6.45, 7) is 5.01. The molecule has 1 aliphatic heterocycles. The molecule has 2 N–H and O–H groups in total. The number of amides is 1. The Hall–Kier alpha value is -1.88. The molecule has 4 nitrogen and oxygen atoms in total. The van der Waals surface area contributed by atoms with Gasteiger partial charge in [0.25, 0.3) is 0 Å². The summed E-state index contributed by atoms with van der Waals surface area (Å²) in [6.07, 6.45) is 0.352. The van der Waals surface area contributed by atoms with Crippen LogP contribution in [-0.4, -0.2) is 41.7 Å². The van der Waals surface area contributed by atoms with Crippen LogP contribution in [0.4, 0.5) is 0 Å². The molecule has 0 aromatic heterocycles. The van der Waals surface area contributed by atoms with Gasteiger partial charge in [-0.1, -0.05) is 53.6 Å². The van der Waals surface area contributed by atoms with Crippen LogP contribution in [0, 0.1) is 6.92 Å². The second-order valence-corrected chi connectivity index (χ2v) is 7.35. The largest absolute Gasteiger partial charge is 0.392 e. The van der Waals surface area contributed by atoms with Crippen LogP contribution in [0.5, 0.6) is 0 Å². The molecule has 138 valence electrons. The third-order valence-corrected chi connectivity index (χ3v) is 5.11. The van der Waals surface area contributed by atoms with Gasteiger partial charge < -0.3 is 15.3 Å². The molecule has 0 saturated heterocycles. The van der Waals surface area contributed by atoms with Crippen molar-refractivity contribution in [1.29, 1.82) is 0 Å². The fourth-order valence-electron chi connectivity index (χ4n) is 3.52. The molecule has 1 heterocycles. The van der Waals surface area contributed by atoms with Crippen LogP contribution >= 0.6 is 11.6 Å². The summed E-state index contributed by atoms with van der Waals surface area (Å²) in [4.78, 5) is 14.8. The molecule has 1 aliphatic rings. The maximum Gasteiger partial charge on any atom is 0.237 e. The first kappa shape index (κ1) is 18.9. The number of aryl methyl sites for hydroxylation is 1. The first-order chi connectivity index (χ1) is 12.5. The van der Waals surface area contributed by atoms with Crippen molar-refractivity contribution in [2.45, 2.75) is 32.4 Å². The van der Waals surface area contributed by atoms with Crippen molar-refractivity contribution in [3.05, 3.63) is 69.7 Å². The van der Waals surface area contributed by atoms with Gasteiger partial charge in [-0.2, -0.15) is 0 Å². The highest BCUT2D eigenvalue weighted by atomic mass is 35.5. The Labute approximate surface area is 159 Å². The number of nitrogens with zero attached hydrogens (tertiary/aromatic N) is 1. The zero-order valence-electron chi connectivity index (χ0n) is 15.2. The van der Waals surface area contributed by atoms with Crippen LogP contribution in [0.1, 0.15) is 35.2 Å². The molecule has 0 fully saturated rings. The van der Waals surface area contributed by atoms with E-state index in [-0.39, 0.29) is 18.5 Å². The number of hydrogen-bond acceptors (Lipinski definition) is 3. The highest BCUT2D eigenvalue weighted by Crippen LogP contribution is 2.38. The number of aliphatic hydroxyl groups excluding tert-OH is 1. The molecule has 0 radical (unpaired) electrons. The van der Waals surface area contributed by atoms with Gasteiger partial charge in [-0.3, -0.25) is 4.79 Å². The Morgan fingerprint density at radius 2 is 2.08 bits per heavy atom. The van der Waals surface area contributed by atoms with E-state index < -0.39 is 6.10 Å². The van der Waals surface area contributed by atoms with Gasteiger partial charge in [-0.25, -0.2) is 0 Å². The summed E-state index contributed by atoms with van der Waals surface area (Å²) in [5.41, 5.74) is 4.53. The Bertz CT molecular complexity index is 791. The Morgan fingerprint density at radius 3 is 2.81 bits per heavy atom. The maximum atomic E-state index is 12.9. The van der Waals surface area contributed by atoms with E-state index in [0.717, 1.165) is 17.5 Å². The van der Waals surface area contributed by atoms with E-state index in [4.69, 9.17) is 11.6 Å². The zero-order chi connectivity index (χ0) is 18.7. The summed E-state index contributed by atoms with van der Waals surface area (Å²) < 4.78 is 0. The predicted octanol–water partition coefficient (Wildman–Crippen LogP) is 3.09. The third-order valence-electron chi connectivity index (χ3n) is 4.77. The highest BCUT2D eigenvalue weighted by molar-refractivity contribution is 6.31. The third kappa shape index (κ3) is 4.09. The molecule has 0 aliphatic carbocycles. The number of rotatable bonds is 5. The smallest absolute Gasteiger partial charge is 0.237 e. The normalized spacial score (nSPS) is 17.7. The lowest BCUT2D eigenvalue weighted by Crippen LogP contribution is -2.45. The van der Waals surface area contributed by atoms with Crippen LogP contribution < -0.4 is 5.32 Å². The monoisotopic (exact) mass is 372 g/mol. The number of fused-ring (bicyclic) bond motifs is 1. The van der Waals surface area contributed by atoms with Gasteiger partial charge in [0.05, 0.1) is 18.7 Å². The number of nitrogens with one attached hydrogen (secondary N) is 1. The van der Waals surface area contributed by atoms with Crippen LogP contribution in [0.15, 0.2) is 42.5 Å². The van der Waals surface area contributed by atoms with Crippen LogP contribution in [0.25, 0.3) is 0 Å². The number of hydrogen-bond donors (Lipinski definition) is 2. The zero-order valence-corrected chi connectivity index (χ0v) is 16.0. The number of carbonyl (C=O) groups is 1. The second kappa shape index (κ2) is 8.21. The average Bonchev–Trinajstić information content (AvgIpc) is 2.61. The summed E-state index contributed by atoms with van der Waals surface area (Å²) in [6, 6.07) is 14.0. The van der Waals surface area contributed by atoms with E-state index in [0.29, 0.717) is 18.1 Å². The minimum atomic E-state index is -0.480. The van der Waals surface area contributed by atoms with Crippen molar-refractivity contribution in [2.24, 2.45) is 0 Å². The summed E-state index contributed by atoms with van der Waals surface area (Å²) in [5, 5.41) is 13.1. The molecule has 0 bridgehead atoms. The van der Waals surface area contributed by atoms with E-state index in [1.54, 1.807) is 6.92 Å². The van der Waals surface area contributed by atoms with Gasteiger partial charge in [0.15, 0.2) is 0 Å². The molecule has 3 rings (SSSR count). The van der Waals surface area contributed by atoms with Gasteiger partial charge in [0, 0.05) is 18.1 Å². The second-order valence-electron chi connectivity index (χ2n) is 6.94. The summed E-state index contributed by atoms with van der Waals surface area (Å²) in [5.74, 6) is 0.0164. The number of benzene rings is 2. The van der Waals surface area contributed by atoms with Gasteiger partial charge >= 0.3 is 0 Å². The first-order valence-electron chi connectivity index (χ1n) is 8.99. The molecule has 0 saturated carbocycles.